The van der Waals surface area contributed by atoms with Gasteiger partial charge in [-0.25, -0.2) is 0 Å². The van der Waals surface area contributed by atoms with Crippen molar-refractivity contribution < 1.29 is 13.2 Å². The predicted octanol–water partition coefficient (Wildman–Crippen LogP) is 2.06. The van der Waals surface area contributed by atoms with Crippen molar-refractivity contribution in [1.29, 1.82) is 0 Å². The van der Waals surface area contributed by atoms with E-state index in [9.17, 15) is 13.2 Å². The van der Waals surface area contributed by atoms with E-state index in [1.165, 1.54) is 0 Å². The third kappa shape index (κ3) is 9.57. The average Bonchev–Trinajstić information content (AvgIpc) is 1.98. The molecule has 2 nitrogen and oxygen atoms in total. The van der Waals surface area contributed by atoms with Gasteiger partial charge in [-0.3, -0.25) is 0 Å². The van der Waals surface area contributed by atoms with Crippen molar-refractivity contribution in [3.05, 3.63) is 0 Å². The first-order chi connectivity index (χ1) is 6.31. The van der Waals surface area contributed by atoms with Crippen molar-refractivity contribution in [2.24, 2.45) is 5.92 Å². The van der Waals surface area contributed by atoms with Crippen molar-refractivity contribution in [2.45, 2.75) is 26.4 Å². The Labute approximate surface area is 87.2 Å². The minimum absolute atomic E-state index is 0.173. The maximum atomic E-state index is 11.7. The summed E-state index contributed by atoms with van der Waals surface area (Å²) in [6, 6.07) is 0. The van der Waals surface area contributed by atoms with E-state index >= 15 is 0 Å². The molecule has 0 aromatic heterocycles. The molecule has 0 atom stereocenters. The van der Waals surface area contributed by atoms with Gasteiger partial charge in [-0.05, 0) is 18.1 Å². The Bertz CT molecular complexity index is 180. The normalized spacial score (nSPS) is 11.6. The number of alkyl halides is 3. The summed E-state index contributed by atoms with van der Waals surface area (Å²) >= 11 is 4.77. The molecule has 0 amide bonds. The van der Waals surface area contributed by atoms with Gasteiger partial charge in [0.15, 0.2) is 5.11 Å². The molecule has 2 N–H and O–H groups in total. The highest BCUT2D eigenvalue weighted by atomic mass is 32.1. The molecule has 14 heavy (non-hydrogen) atoms. The lowest BCUT2D eigenvalue weighted by molar-refractivity contribution is -0.132. The molecule has 0 aliphatic carbocycles. The summed E-state index contributed by atoms with van der Waals surface area (Å²) in [5.74, 6) is 0.414. The van der Waals surface area contributed by atoms with Crippen LogP contribution in [0, 0.1) is 5.92 Å². The van der Waals surface area contributed by atoms with Crippen molar-refractivity contribution in [1.82, 2.24) is 10.6 Å². The molecule has 0 aliphatic heterocycles. The van der Waals surface area contributed by atoms with Crippen LogP contribution in [0.3, 0.4) is 0 Å². The van der Waals surface area contributed by atoms with Gasteiger partial charge in [0, 0.05) is 13.1 Å². The summed E-state index contributed by atoms with van der Waals surface area (Å²) < 4.78 is 35.1. The molecule has 0 radical (unpaired) electrons. The number of nitrogens with one attached hydrogen (secondary N) is 2. The van der Waals surface area contributed by atoms with Crippen LogP contribution >= 0.6 is 12.2 Å². The van der Waals surface area contributed by atoms with Crippen molar-refractivity contribution in [3.8, 4) is 0 Å². The lowest BCUT2D eigenvalue weighted by Gasteiger charge is -2.12. The molecule has 0 fully saturated rings. The van der Waals surface area contributed by atoms with Crippen molar-refractivity contribution in [3.63, 3.8) is 0 Å². The molecule has 0 spiro atoms. The molecule has 0 unspecified atom stereocenters. The Morgan fingerprint density at radius 3 is 2.29 bits per heavy atom. The standard InChI is InChI=1S/C8H15F3N2S/c1-6(2)5-13-7(14)12-4-3-8(9,10)11/h6H,3-5H2,1-2H3,(H2,12,13,14). The third-order valence-corrected chi connectivity index (χ3v) is 1.65. The van der Waals surface area contributed by atoms with Gasteiger partial charge in [-0.1, -0.05) is 13.8 Å². The third-order valence-electron chi connectivity index (χ3n) is 1.36. The Morgan fingerprint density at radius 1 is 1.29 bits per heavy atom. The smallest absolute Gasteiger partial charge is 0.362 e. The van der Waals surface area contributed by atoms with Crippen LogP contribution in [-0.2, 0) is 0 Å². The van der Waals surface area contributed by atoms with Crippen molar-refractivity contribution in [2.75, 3.05) is 13.1 Å². The first kappa shape index (κ1) is 13.5. The van der Waals surface area contributed by atoms with E-state index in [0.717, 1.165) is 0 Å². The fraction of sp³-hybridized carbons (Fsp3) is 0.875. The monoisotopic (exact) mass is 228 g/mol. The zero-order valence-corrected chi connectivity index (χ0v) is 9.06. The lowest BCUT2D eigenvalue weighted by Crippen LogP contribution is -2.38. The maximum Gasteiger partial charge on any atom is 0.390 e. The number of hydrogen-bond acceptors (Lipinski definition) is 1. The molecule has 84 valence electrons. The van der Waals surface area contributed by atoms with Gasteiger partial charge in [-0.15, -0.1) is 0 Å². The molecule has 0 bridgehead atoms. The summed E-state index contributed by atoms with van der Waals surface area (Å²) in [7, 11) is 0. The van der Waals surface area contributed by atoms with Gasteiger partial charge in [0.05, 0.1) is 6.42 Å². The highest BCUT2D eigenvalue weighted by Gasteiger charge is 2.26. The van der Waals surface area contributed by atoms with E-state index in [1.807, 2.05) is 13.8 Å². The molecule has 0 aliphatic rings. The summed E-state index contributed by atoms with van der Waals surface area (Å²) in [5.41, 5.74) is 0. The number of hydrogen-bond donors (Lipinski definition) is 2. The Hall–Kier alpha value is -0.520. The molecule has 0 saturated heterocycles. The van der Waals surface area contributed by atoms with E-state index in [4.69, 9.17) is 12.2 Å². The highest BCUT2D eigenvalue weighted by Crippen LogP contribution is 2.17. The van der Waals surface area contributed by atoms with E-state index in [2.05, 4.69) is 10.6 Å². The zero-order chi connectivity index (χ0) is 11.2. The number of rotatable bonds is 4. The van der Waals surface area contributed by atoms with E-state index in [1.54, 1.807) is 0 Å². The van der Waals surface area contributed by atoms with Crippen LogP contribution in [0.2, 0.25) is 0 Å². The highest BCUT2D eigenvalue weighted by molar-refractivity contribution is 7.80. The fourth-order valence-electron chi connectivity index (χ4n) is 0.677. The molecule has 6 heteroatoms. The van der Waals surface area contributed by atoms with Crippen LogP contribution in [0.1, 0.15) is 20.3 Å². The summed E-state index contributed by atoms with van der Waals surface area (Å²) in [6.07, 6.45) is -4.99. The van der Waals surface area contributed by atoms with Crippen LogP contribution in [-0.4, -0.2) is 24.4 Å². The second-order valence-corrected chi connectivity index (χ2v) is 3.80. The zero-order valence-electron chi connectivity index (χ0n) is 8.24. The van der Waals surface area contributed by atoms with Crippen LogP contribution in [0.25, 0.3) is 0 Å². The van der Waals surface area contributed by atoms with Crippen LogP contribution in [0.4, 0.5) is 13.2 Å². The summed E-state index contributed by atoms with van der Waals surface area (Å²) in [5, 5.41) is 5.60. The average molecular weight is 228 g/mol. The van der Waals surface area contributed by atoms with Crippen LogP contribution < -0.4 is 10.6 Å². The van der Waals surface area contributed by atoms with E-state index in [-0.39, 0.29) is 11.7 Å². The van der Waals surface area contributed by atoms with Gasteiger partial charge in [-0.2, -0.15) is 13.2 Å². The first-order valence-corrected chi connectivity index (χ1v) is 4.80. The lowest BCUT2D eigenvalue weighted by atomic mass is 10.2. The fourth-order valence-corrected chi connectivity index (χ4v) is 0.862. The molecule has 0 rings (SSSR count). The van der Waals surface area contributed by atoms with Crippen LogP contribution in [0.15, 0.2) is 0 Å². The molecular weight excluding hydrogens is 213 g/mol. The van der Waals surface area contributed by atoms with E-state index in [0.29, 0.717) is 12.5 Å². The second kappa shape index (κ2) is 6.06. The van der Waals surface area contributed by atoms with Crippen LogP contribution in [0.5, 0.6) is 0 Å². The van der Waals surface area contributed by atoms with Gasteiger partial charge < -0.3 is 10.6 Å². The number of thiocarbonyl (C=S) groups is 1. The maximum absolute atomic E-state index is 11.7. The Kier molecular flexibility index (Phi) is 5.83. The topological polar surface area (TPSA) is 24.1 Å². The molecule has 0 saturated carbocycles. The largest absolute Gasteiger partial charge is 0.390 e. The molecule has 0 heterocycles. The van der Waals surface area contributed by atoms with E-state index < -0.39 is 12.6 Å². The predicted molar refractivity (Wildman–Crippen MR) is 54.1 cm³/mol. The van der Waals surface area contributed by atoms with Gasteiger partial charge in [0.1, 0.15) is 0 Å². The second-order valence-electron chi connectivity index (χ2n) is 3.40. The first-order valence-electron chi connectivity index (χ1n) is 4.39. The number of halogens is 3. The van der Waals surface area contributed by atoms with Gasteiger partial charge in [0.2, 0.25) is 0 Å². The quantitative estimate of drug-likeness (QED) is 0.720. The summed E-state index contributed by atoms with van der Waals surface area (Å²) in [4.78, 5) is 0. The molecule has 0 aromatic rings. The van der Waals surface area contributed by atoms with Gasteiger partial charge >= 0.3 is 6.18 Å². The minimum Gasteiger partial charge on any atom is -0.362 e. The Morgan fingerprint density at radius 2 is 1.86 bits per heavy atom. The Balaban J connectivity index is 3.46. The SMILES string of the molecule is CC(C)CNC(=S)NCCC(F)(F)F. The minimum atomic E-state index is -4.12. The van der Waals surface area contributed by atoms with Gasteiger partial charge in [0.25, 0.3) is 0 Å². The molecule has 0 aromatic carbocycles. The summed E-state index contributed by atoms with van der Waals surface area (Å²) in [6.45, 7) is 4.47. The molecular formula is C8H15F3N2S. The van der Waals surface area contributed by atoms with Crippen molar-refractivity contribution >= 4 is 17.3 Å².